The van der Waals surface area contributed by atoms with Crippen LogP contribution in [0.1, 0.15) is 38.2 Å². The molecule has 0 radical (unpaired) electrons. The quantitative estimate of drug-likeness (QED) is 0.340. The van der Waals surface area contributed by atoms with E-state index in [-0.39, 0.29) is 35.0 Å². The van der Waals surface area contributed by atoms with E-state index in [1.54, 1.807) is 24.3 Å². The Labute approximate surface area is 185 Å². The molecule has 0 aliphatic carbocycles. The van der Waals surface area contributed by atoms with Crippen LogP contribution in [0.25, 0.3) is 0 Å². The van der Waals surface area contributed by atoms with Crippen LogP contribution >= 0.6 is 24.0 Å². The summed E-state index contributed by atoms with van der Waals surface area (Å²) in [7, 11) is -3.52. The van der Waals surface area contributed by atoms with Crippen molar-refractivity contribution in [2.24, 2.45) is 16.6 Å². The minimum Gasteiger partial charge on any atom is -0.377 e. The second-order valence-corrected chi connectivity index (χ2v) is 9.24. The number of rotatable bonds is 6. The molecule has 0 saturated carbocycles. The Bertz CT molecular complexity index is 741. The predicted octanol–water partition coefficient (Wildman–Crippen LogP) is 2.31. The van der Waals surface area contributed by atoms with E-state index >= 15 is 0 Å². The van der Waals surface area contributed by atoms with Gasteiger partial charge in [-0.3, -0.25) is 0 Å². The van der Waals surface area contributed by atoms with Gasteiger partial charge in [0.2, 0.25) is 10.0 Å². The summed E-state index contributed by atoms with van der Waals surface area (Å²) in [6.07, 6.45) is 4.15. The molecule has 7 nitrogen and oxygen atoms in total. The fourth-order valence-electron chi connectivity index (χ4n) is 3.38. The van der Waals surface area contributed by atoms with Crippen molar-refractivity contribution < 1.29 is 13.2 Å². The molecule has 3 N–H and O–H groups in total. The Morgan fingerprint density at radius 1 is 1.25 bits per heavy atom. The molecule has 2 aliphatic heterocycles. The third-order valence-electron chi connectivity index (χ3n) is 5.29. The van der Waals surface area contributed by atoms with Crippen LogP contribution in [0.15, 0.2) is 34.2 Å². The van der Waals surface area contributed by atoms with Gasteiger partial charge in [0.25, 0.3) is 0 Å². The van der Waals surface area contributed by atoms with E-state index in [0.717, 1.165) is 50.3 Å². The Hall–Kier alpha value is -0.910. The first-order chi connectivity index (χ1) is 12.9. The number of sulfonamides is 1. The topological polar surface area (TPSA) is 97.0 Å². The van der Waals surface area contributed by atoms with Crippen molar-refractivity contribution in [2.75, 3.05) is 26.2 Å². The van der Waals surface area contributed by atoms with E-state index in [0.29, 0.717) is 25.7 Å². The molecule has 2 saturated heterocycles. The van der Waals surface area contributed by atoms with Gasteiger partial charge in [0.15, 0.2) is 5.96 Å². The van der Waals surface area contributed by atoms with E-state index in [2.05, 4.69) is 21.5 Å². The molecule has 1 aromatic carbocycles. The molecule has 2 aliphatic rings. The summed E-state index contributed by atoms with van der Waals surface area (Å²) in [6, 6.07) is 6.80. The van der Waals surface area contributed by atoms with Crippen LogP contribution in [0.4, 0.5) is 0 Å². The monoisotopic (exact) mass is 522 g/mol. The zero-order chi connectivity index (χ0) is 19.3. The lowest BCUT2D eigenvalue weighted by molar-refractivity contribution is 0.114. The lowest BCUT2D eigenvalue weighted by atomic mass is 10.00. The number of nitrogens with two attached hydrogens (primary N) is 1. The molecule has 1 unspecified atom stereocenters. The minimum atomic E-state index is -3.52. The molecule has 158 valence electrons. The summed E-state index contributed by atoms with van der Waals surface area (Å²) >= 11 is 0. The van der Waals surface area contributed by atoms with Crippen LogP contribution in [0.5, 0.6) is 0 Å². The van der Waals surface area contributed by atoms with Crippen LogP contribution in [0.2, 0.25) is 0 Å². The van der Waals surface area contributed by atoms with Crippen molar-refractivity contribution in [2.45, 2.75) is 50.2 Å². The maximum absolute atomic E-state index is 12.4. The maximum Gasteiger partial charge on any atom is 0.240 e. The summed E-state index contributed by atoms with van der Waals surface area (Å²) in [5, 5.41) is 0. The molecule has 0 bridgehead atoms. The minimum absolute atomic E-state index is 0. The normalized spacial score (nSPS) is 21.5. The fourth-order valence-corrected chi connectivity index (χ4v) is 4.44. The molecule has 0 spiro atoms. The number of nitrogens with one attached hydrogen (secondary N) is 1. The van der Waals surface area contributed by atoms with Crippen molar-refractivity contribution >= 4 is 40.0 Å². The Kier molecular flexibility index (Phi) is 8.97. The van der Waals surface area contributed by atoms with Gasteiger partial charge < -0.3 is 15.4 Å². The van der Waals surface area contributed by atoms with Crippen LogP contribution in [0, 0.1) is 5.92 Å². The van der Waals surface area contributed by atoms with Crippen molar-refractivity contribution in [3.8, 4) is 0 Å². The van der Waals surface area contributed by atoms with E-state index < -0.39 is 10.0 Å². The van der Waals surface area contributed by atoms with Gasteiger partial charge in [-0.05, 0) is 49.3 Å². The third kappa shape index (κ3) is 6.57. The van der Waals surface area contributed by atoms with Crippen LogP contribution in [-0.4, -0.2) is 51.6 Å². The molecule has 9 heteroatoms. The number of hydrogen-bond donors (Lipinski definition) is 2. The number of piperidine rings is 1. The fraction of sp³-hybridized carbons (Fsp3) is 0.632. The average Bonchev–Trinajstić information content (AvgIpc) is 3.19. The second-order valence-electron chi connectivity index (χ2n) is 7.47. The van der Waals surface area contributed by atoms with Crippen LogP contribution in [0.3, 0.4) is 0 Å². The average molecular weight is 522 g/mol. The lowest BCUT2D eigenvalue weighted by Gasteiger charge is -2.31. The van der Waals surface area contributed by atoms with Crippen molar-refractivity contribution in [1.82, 2.24) is 9.62 Å². The predicted molar refractivity (Wildman–Crippen MR) is 121 cm³/mol. The highest BCUT2D eigenvalue weighted by Crippen LogP contribution is 2.16. The number of guanidine groups is 1. The smallest absolute Gasteiger partial charge is 0.240 e. The molecular weight excluding hydrogens is 491 g/mol. The van der Waals surface area contributed by atoms with Gasteiger partial charge in [0.1, 0.15) is 0 Å². The largest absolute Gasteiger partial charge is 0.377 e. The number of likely N-dealkylation sites (tertiary alicyclic amines) is 1. The van der Waals surface area contributed by atoms with E-state index in [1.807, 2.05) is 0 Å². The first-order valence-electron chi connectivity index (χ1n) is 9.69. The zero-order valence-corrected chi connectivity index (χ0v) is 19.5. The number of hydrogen-bond acceptors (Lipinski definition) is 4. The summed E-state index contributed by atoms with van der Waals surface area (Å²) in [4.78, 5) is 6.84. The second kappa shape index (κ2) is 10.7. The zero-order valence-electron chi connectivity index (χ0n) is 16.3. The molecular formula is C19H31IN4O3S. The van der Waals surface area contributed by atoms with Gasteiger partial charge in [-0.2, -0.15) is 0 Å². The lowest BCUT2D eigenvalue weighted by Crippen LogP contribution is -2.42. The van der Waals surface area contributed by atoms with Gasteiger partial charge in [-0.1, -0.05) is 19.1 Å². The van der Waals surface area contributed by atoms with Gasteiger partial charge >= 0.3 is 0 Å². The number of aliphatic imine (C=N–C) groups is 1. The third-order valence-corrected chi connectivity index (χ3v) is 6.73. The number of benzene rings is 1. The molecule has 2 fully saturated rings. The molecule has 0 amide bonds. The van der Waals surface area contributed by atoms with E-state index in [4.69, 9.17) is 10.5 Å². The van der Waals surface area contributed by atoms with Gasteiger partial charge in [0, 0.05) is 26.2 Å². The van der Waals surface area contributed by atoms with Gasteiger partial charge in [-0.15, -0.1) is 24.0 Å². The van der Waals surface area contributed by atoms with Crippen LogP contribution < -0.4 is 10.5 Å². The van der Waals surface area contributed by atoms with Crippen molar-refractivity contribution in [3.63, 3.8) is 0 Å². The van der Waals surface area contributed by atoms with Gasteiger partial charge in [-0.25, -0.2) is 18.1 Å². The van der Waals surface area contributed by atoms with Gasteiger partial charge in [0.05, 0.1) is 17.5 Å². The Balaban J connectivity index is 0.00000280. The standard InChI is InChI=1S/C19H30N4O3S.HI/c1-15-8-10-23(11-9-15)19(20)21-13-16-4-6-18(7-5-16)27(24,25)22-14-17-3-2-12-26-17;/h4-7,15,17,22H,2-3,8-14H2,1H3,(H2,20,21);1H. The maximum atomic E-state index is 12.4. The van der Waals surface area contributed by atoms with Crippen molar-refractivity contribution in [1.29, 1.82) is 0 Å². The van der Waals surface area contributed by atoms with E-state index in [9.17, 15) is 8.42 Å². The first-order valence-corrected chi connectivity index (χ1v) is 11.2. The Morgan fingerprint density at radius 2 is 1.93 bits per heavy atom. The number of ether oxygens (including phenoxy) is 1. The molecule has 1 atom stereocenters. The highest BCUT2D eigenvalue weighted by Gasteiger charge is 2.20. The summed E-state index contributed by atoms with van der Waals surface area (Å²) in [5.41, 5.74) is 7.03. The van der Waals surface area contributed by atoms with Crippen LogP contribution in [-0.2, 0) is 21.3 Å². The number of nitrogens with zero attached hydrogens (tertiary/aromatic N) is 2. The summed E-state index contributed by atoms with van der Waals surface area (Å²) in [6.45, 7) is 5.63. The summed E-state index contributed by atoms with van der Waals surface area (Å²) in [5.74, 6) is 1.31. The molecule has 3 rings (SSSR count). The number of halogens is 1. The molecule has 1 aromatic rings. The Morgan fingerprint density at radius 3 is 2.54 bits per heavy atom. The van der Waals surface area contributed by atoms with E-state index in [1.165, 1.54) is 0 Å². The highest BCUT2D eigenvalue weighted by atomic mass is 127. The molecule has 2 heterocycles. The molecule has 0 aromatic heterocycles. The summed E-state index contributed by atoms with van der Waals surface area (Å²) < 4.78 is 32.8. The first kappa shape index (κ1) is 23.4. The SMILES string of the molecule is CC1CCN(C(N)=NCc2ccc(S(=O)(=O)NCC3CCCO3)cc2)CC1.I. The highest BCUT2D eigenvalue weighted by molar-refractivity contribution is 14.0. The molecule has 28 heavy (non-hydrogen) atoms. The van der Waals surface area contributed by atoms with Crippen molar-refractivity contribution in [3.05, 3.63) is 29.8 Å².